The Balaban J connectivity index is 1.77. The summed E-state index contributed by atoms with van der Waals surface area (Å²) in [6, 6.07) is 9.83. The van der Waals surface area contributed by atoms with Crippen molar-refractivity contribution >= 4 is 23.2 Å². The van der Waals surface area contributed by atoms with Gasteiger partial charge in [0, 0.05) is 32.7 Å². The Kier molecular flexibility index (Phi) is 5.85. The summed E-state index contributed by atoms with van der Waals surface area (Å²) in [6.07, 6.45) is 0.353. The molecule has 1 aliphatic rings. The van der Waals surface area contributed by atoms with E-state index < -0.39 is 0 Å². The van der Waals surface area contributed by atoms with Crippen LogP contribution in [0.3, 0.4) is 0 Å². The van der Waals surface area contributed by atoms with Crippen LogP contribution in [0.5, 0.6) is 0 Å². The molecule has 0 aliphatic carbocycles. The van der Waals surface area contributed by atoms with E-state index in [1.54, 1.807) is 0 Å². The first-order valence-corrected chi connectivity index (χ1v) is 7.44. The van der Waals surface area contributed by atoms with Gasteiger partial charge in [0.15, 0.2) is 0 Å². The van der Waals surface area contributed by atoms with E-state index in [0.717, 1.165) is 36.9 Å². The second-order valence-electron chi connectivity index (χ2n) is 4.97. The van der Waals surface area contributed by atoms with E-state index in [4.69, 9.17) is 16.9 Å². The van der Waals surface area contributed by atoms with Gasteiger partial charge in [0.2, 0.25) is 5.91 Å². The van der Waals surface area contributed by atoms with Gasteiger partial charge in [-0.15, -0.1) is 0 Å². The predicted molar refractivity (Wildman–Crippen MR) is 83.3 cm³/mol. The highest BCUT2D eigenvalue weighted by Crippen LogP contribution is 2.25. The third kappa shape index (κ3) is 4.62. The molecule has 112 valence electrons. The number of nitrogens with one attached hydrogen (secondary N) is 1. The number of nitrogens with zero attached hydrogens (tertiary/aromatic N) is 3. The number of piperazine rings is 1. The third-order valence-electron chi connectivity index (χ3n) is 3.49. The lowest BCUT2D eigenvalue weighted by atomic mass is 10.2. The molecule has 1 N–H and O–H groups in total. The van der Waals surface area contributed by atoms with Gasteiger partial charge in [0.25, 0.3) is 0 Å². The van der Waals surface area contributed by atoms with Crippen molar-refractivity contribution in [2.45, 2.75) is 6.42 Å². The van der Waals surface area contributed by atoms with Crippen molar-refractivity contribution in [2.24, 2.45) is 0 Å². The van der Waals surface area contributed by atoms with Crippen molar-refractivity contribution in [3.63, 3.8) is 0 Å². The summed E-state index contributed by atoms with van der Waals surface area (Å²) in [5.41, 5.74) is 1.05. The van der Waals surface area contributed by atoms with Crippen molar-refractivity contribution in [1.82, 2.24) is 10.2 Å². The molecule has 0 atom stereocenters. The topological polar surface area (TPSA) is 59.4 Å². The molecule has 1 aromatic carbocycles. The Labute approximate surface area is 130 Å². The Morgan fingerprint density at radius 3 is 2.67 bits per heavy atom. The monoisotopic (exact) mass is 306 g/mol. The van der Waals surface area contributed by atoms with E-state index >= 15 is 0 Å². The molecule has 0 radical (unpaired) electrons. The van der Waals surface area contributed by atoms with Crippen LogP contribution >= 0.6 is 11.6 Å². The largest absolute Gasteiger partial charge is 0.368 e. The van der Waals surface area contributed by atoms with Crippen LogP contribution in [0.25, 0.3) is 0 Å². The van der Waals surface area contributed by atoms with E-state index in [-0.39, 0.29) is 5.91 Å². The normalized spacial score (nSPS) is 15.5. The van der Waals surface area contributed by atoms with Gasteiger partial charge in [-0.2, -0.15) is 5.26 Å². The number of carbonyl (C=O) groups is 1. The Morgan fingerprint density at radius 1 is 1.29 bits per heavy atom. The summed E-state index contributed by atoms with van der Waals surface area (Å²) in [6.45, 7) is 4.19. The van der Waals surface area contributed by atoms with E-state index in [2.05, 4.69) is 15.1 Å². The molecule has 0 spiro atoms. The fraction of sp³-hybridized carbons (Fsp3) is 0.467. The molecule has 21 heavy (non-hydrogen) atoms. The molecule has 0 bridgehead atoms. The molecule has 5 nitrogen and oxygen atoms in total. The van der Waals surface area contributed by atoms with E-state index in [0.29, 0.717) is 19.5 Å². The lowest BCUT2D eigenvalue weighted by molar-refractivity contribution is -0.122. The quantitative estimate of drug-likeness (QED) is 0.837. The van der Waals surface area contributed by atoms with Gasteiger partial charge in [-0.25, -0.2) is 0 Å². The van der Waals surface area contributed by atoms with Gasteiger partial charge in [0.05, 0.1) is 29.7 Å². The molecule has 1 fully saturated rings. The molecule has 1 amide bonds. The maximum absolute atomic E-state index is 11.7. The fourth-order valence-electron chi connectivity index (χ4n) is 2.37. The Morgan fingerprint density at radius 2 is 2.00 bits per heavy atom. The zero-order valence-electron chi connectivity index (χ0n) is 11.9. The van der Waals surface area contributed by atoms with E-state index in [9.17, 15) is 4.79 Å². The Bertz CT molecular complexity index is 521. The van der Waals surface area contributed by atoms with Gasteiger partial charge in [-0.1, -0.05) is 23.7 Å². The van der Waals surface area contributed by atoms with Crippen molar-refractivity contribution < 1.29 is 4.79 Å². The van der Waals surface area contributed by atoms with Crippen molar-refractivity contribution in [3.8, 4) is 6.07 Å². The lowest BCUT2D eigenvalue weighted by Crippen LogP contribution is -2.49. The number of carbonyl (C=O) groups excluding carboxylic acids is 1. The molecule has 1 aliphatic heterocycles. The summed E-state index contributed by atoms with van der Waals surface area (Å²) >= 11 is 6.20. The van der Waals surface area contributed by atoms with E-state index in [1.807, 2.05) is 30.3 Å². The molecule has 2 rings (SSSR count). The van der Waals surface area contributed by atoms with Gasteiger partial charge in [-0.3, -0.25) is 9.69 Å². The lowest BCUT2D eigenvalue weighted by Gasteiger charge is -2.36. The maximum Gasteiger partial charge on any atom is 0.234 e. The first-order valence-electron chi connectivity index (χ1n) is 7.06. The summed E-state index contributed by atoms with van der Waals surface area (Å²) in [7, 11) is 0. The van der Waals surface area contributed by atoms with Crippen LogP contribution in [0.15, 0.2) is 24.3 Å². The number of amides is 1. The molecular formula is C15H19ClN4O. The van der Waals surface area contributed by atoms with Crippen LogP contribution in [0, 0.1) is 11.3 Å². The third-order valence-corrected chi connectivity index (χ3v) is 3.81. The highest BCUT2D eigenvalue weighted by Gasteiger charge is 2.20. The van der Waals surface area contributed by atoms with Crippen molar-refractivity contribution in [1.29, 1.82) is 5.26 Å². The molecule has 1 heterocycles. The maximum atomic E-state index is 11.7. The molecule has 0 saturated carbocycles. The number of hydrogen-bond acceptors (Lipinski definition) is 4. The second-order valence-corrected chi connectivity index (χ2v) is 5.38. The highest BCUT2D eigenvalue weighted by atomic mass is 35.5. The summed E-state index contributed by atoms with van der Waals surface area (Å²) in [5.74, 6) is -0.0172. The fourth-order valence-corrected chi connectivity index (χ4v) is 2.63. The number of hydrogen-bond donors (Lipinski definition) is 1. The first kappa shape index (κ1) is 15.6. The highest BCUT2D eigenvalue weighted by molar-refractivity contribution is 6.33. The van der Waals surface area contributed by atoms with Crippen LogP contribution in [0.2, 0.25) is 5.02 Å². The predicted octanol–water partition coefficient (Wildman–Crippen LogP) is 1.49. The Hall–Kier alpha value is -1.77. The zero-order valence-corrected chi connectivity index (χ0v) is 12.6. The van der Waals surface area contributed by atoms with Crippen LogP contribution in [0.1, 0.15) is 6.42 Å². The van der Waals surface area contributed by atoms with Crippen molar-refractivity contribution in [2.75, 3.05) is 44.2 Å². The summed E-state index contributed by atoms with van der Waals surface area (Å²) in [5, 5.41) is 11.9. The molecule has 1 saturated heterocycles. The summed E-state index contributed by atoms with van der Waals surface area (Å²) in [4.78, 5) is 16.1. The first-order chi connectivity index (χ1) is 10.2. The summed E-state index contributed by atoms with van der Waals surface area (Å²) < 4.78 is 0. The SMILES string of the molecule is N#CCCNC(=O)CN1CCN(c2ccccc2Cl)CC1. The number of benzene rings is 1. The number of anilines is 1. The zero-order chi connectivity index (χ0) is 15.1. The number of para-hydroxylation sites is 1. The average Bonchev–Trinajstić information content (AvgIpc) is 2.49. The van der Waals surface area contributed by atoms with Crippen LogP contribution in [-0.4, -0.2) is 50.1 Å². The smallest absolute Gasteiger partial charge is 0.234 e. The van der Waals surface area contributed by atoms with Gasteiger partial charge >= 0.3 is 0 Å². The minimum atomic E-state index is -0.0172. The average molecular weight is 307 g/mol. The van der Waals surface area contributed by atoms with Crippen LogP contribution < -0.4 is 10.2 Å². The number of nitriles is 1. The molecule has 0 aromatic heterocycles. The van der Waals surface area contributed by atoms with Gasteiger partial charge in [-0.05, 0) is 12.1 Å². The van der Waals surface area contributed by atoms with Gasteiger partial charge < -0.3 is 10.2 Å². The molecular weight excluding hydrogens is 288 g/mol. The van der Waals surface area contributed by atoms with Crippen molar-refractivity contribution in [3.05, 3.63) is 29.3 Å². The number of rotatable bonds is 5. The van der Waals surface area contributed by atoms with Gasteiger partial charge in [0.1, 0.15) is 0 Å². The minimum absolute atomic E-state index is 0.0172. The van der Waals surface area contributed by atoms with Crippen LogP contribution in [0.4, 0.5) is 5.69 Å². The van der Waals surface area contributed by atoms with E-state index in [1.165, 1.54) is 0 Å². The molecule has 1 aromatic rings. The minimum Gasteiger partial charge on any atom is -0.368 e. The van der Waals surface area contributed by atoms with Crippen LogP contribution in [-0.2, 0) is 4.79 Å². The molecule has 0 unspecified atom stereocenters. The molecule has 6 heteroatoms. The second kappa shape index (κ2) is 7.87. The standard InChI is InChI=1S/C15H19ClN4O/c16-13-4-1-2-5-14(13)20-10-8-19(9-11-20)12-15(21)18-7-3-6-17/h1-2,4-5H,3,7-12H2,(H,18,21). The number of halogens is 1.